The van der Waals surface area contributed by atoms with Gasteiger partial charge in [0.25, 0.3) is 5.69 Å². The van der Waals surface area contributed by atoms with Crippen LogP contribution in [0.4, 0.5) is 11.4 Å². The van der Waals surface area contributed by atoms with Gasteiger partial charge in [-0.2, -0.15) is 5.26 Å². The summed E-state index contributed by atoms with van der Waals surface area (Å²) in [7, 11) is 0. The van der Waals surface area contributed by atoms with Crippen LogP contribution in [0.25, 0.3) is 0 Å². The van der Waals surface area contributed by atoms with Gasteiger partial charge in [0.05, 0.1) is 16.2 Å². The number of anilines is 1. The third kappa shape index (κ3) is 1.96. The van der Waals surface area contributed by atoms with Crippen molar-refractivity contribution in [1.29, 1.82) is 5.26 Å². The summed E-state index contributed by atoms with van der Waals surface area (Å²) in [6.45, 7) is 0. The number of nitrogens with zero attached hydrogens (tertiary/aromatic N) is 2. The van der Waals surface area contributed by atoms with Crippen molar-refractivity contribution in [3.8, 4) is 6.07 Å². The van der Waals surface area contributed by atoms with E-state index in [0.717, 1.165) is 6.07 Å². The third-order valence-corrected chi connectivity index (χ3v) is 2.87. The maximum absolute atomic E-state index is 11.0. The monoisotopic (exact) mass is 247 g/mol. The summed E-state index contributed by atoms with van der Waals surface area (Å²) in [5.74, 6) is -0.982. The van der Waals surface area contributed by atoms with Crippen LogP contribution in [0.1, 0.15) is 18.4 Å². The standard InChI is InChI=1S/C11H9N3O4/c12-6-7-5-8(14(17)18)1-2-9(7)13-11(3-4-11)10(15)16/h1-2,5,13H,3-4H2,(H,15,16). The Morgan fingerprint density at radius 2 is 2.22 bits per heavy atom. The number of hydrogen-bond donors (Lipinski definition) is 2. The lowest BCUT2D eigenvalue weighted by Crippen LogP contribution is -2.31. The van der Waals surface area contributed by atoms with E-state index in [9.17, 15) is 14.9 Å². The molecule has 18 heavy (non-hydrogen) atoms. The quantitative estimate of drug-likeness (QED) is 0.615. The Bertz CT molecular complexity index is 572. The van der Waals surface area contributed by atoms with Crippen molar-refractivity contribution in [1.82, 2.24) is 0 Å². The Balaban J connectivity index is 2.32. The highest BCUT2D eigenvalue weighted by Gasteiger charge is 2.50. The number of nitrogens with one attached hydrogen (secondary N) is 1. The van der Waals surface area contributed by atoms with Gasteiger partial charge in [0, 0.05) is 12.1 Å². The van der Waals surface area contributed by atoms with Crippen molar-refractivity contribution in [2.24, 2.45) is 0 Å². The number of carboxylic acid groups (broad SMARTS) is 1. The van der Waals surface area contributed by atoms with Gasteiger partial charge in [-0.05, 0) is 18.9 Å². The molecule has 92 valence electrons. The van der Waals surface area contributed by atoms with E-state index >= 15 is 0 Å². The summed E-state index contributed by atoms with van der Waals surface area (Å²) >= 11 is 0. The molecular formula is C11H9N3O4. The topological polar surface area (TPSA) is 116 Å². The average Bonchev–Trinajstić information content (AvgIpc) is 3.10. The van der Waals surface area contributed by atoms with Crippen LogP contribution in [0.3, 0.4) is 0 Å². The zero-order valence-electron chi connectivity index (χ0n) is 9.21. The molecule has 0 bridgehead atoms. The van der Waals surface area contributed by atoms with Crippen molar-refractivity contribution in [3.63, 3.8) is 0 Å². The average molecular weight is 247 g/mol. The Labute approximate surface area is 102 Å². The maximum Gasteiger partial charge on any atom is 0.329 e. The predicted molar refractivity (Wildman–Crippen MR) is 61.0 cm³/mol. The van der Waals surface area contributed by atoms with Crippen LogP contribution in [0.5, 0.6) is 0 Å². The Hall–Kier alpha value is -2.62. The minimum Gasteiger partial charge on any atom is -0.480 e. The van der Waals surface area contributed by atoms with E-state index in [-0.39, 0.29) is 11.3 Å². The molecule has 1 aromatic carbocycles. The van der Waals surface area contributed by atoms with Crippen molar-refractivity contribution in [2.75, 3.05) is 5.32 Å². The van der Waals surface area contributed by atoms with E-state index in [1.54, 1.807) is 0 Å². The van der Waals surface area contributed by atoms with Crippen molar-refractivity contribution in [3.05, 3.63) is 33.9 Å². The number of aliphatic carboxylic acids is 1. The molecule has 7 nitrogen and oxygen atoms in total. The molecular weight excluding hydrogens is 238 g/mol. The summed E-state index contributed by atoms with van der Waals surface area (Å²) in [6, 6.07) is 5.54. The van der Waals surface area contributed by atoms with Crippen molar-refractivity contribution in [2.45, 2.75) is 18.4 Å². The first-order valence-corrected chi connectivity index (χ1v) is 5.19. The van der Waals surface area contributed by atoms with Crippen molar-refractivity contribution < 1.29 is 14.8 Å². The van der Waals surface area contributed by atoms with Gasteiger partial charge in [0.15, 0.2) is 0 Å². The molecule has 0 saturated heterocycles. The second kappa shape index (κ2) is 4.00. The molecule has 0 atom stereocenters. The molecule has 0 spiro atoms. The molecule has 1 aliphatic carbocycles. The molecule has 0 heterocycles. The lowest BCUT2D eigenvalue weighted by molar-refractivity contribution is -0.384. The van der Waals surface area contributed by atoms with E-state index in [4.69, 9.17) is 10.4 Å². The van der Waals surface area contributed by atoms with E-state index in [1.165, 1.54) is 12.1 Å². The zero-order chi connectivity index (χ0) is 13.3. The van der Waals surface area contributed by atoms with Crippen LogP contribution >= 0.6 is 0 Å². The minimum atomic E-state index is -1.03. The summed E-state index contributed by atoms with van der Waals surface area (Å²) in [5, 5.41) is 31.3. The normalized spacial score (nSPS) is 15.5. The van der Waals surface area contributed by atoms with Gasteiger partial charge in [-0.15, -0.1) is 0 Å². The number of nitro benzene ring substituents is 1. The molecule has 7 heteroatoms. The van der Waals surface area contributed by atoms with Crippen LogP contribution in [0.15, 0.2) is 18.2 Å². The Morgan fingerprint density at radius 1 is 1.56 bits per heavy atom. The fourth-order valence-corrected chi connectivity index (χ4v) is 1.62. The van der Waals surface area contributed by atoms with Gasteiger partial charge in [-0.3, -0.25) is 10.1 Å². The first-order valence-electron chi connectivity index (χ1n) is 5.19. The first kappa shape index (κ1) is 11.9. The zero-order valence-corrected chi connectivity index (χ0v) is 9.21. The fraction of sp³-hybridized carbons (Fsp3) is 0.273. The first-order chi connectivity index (χ1) is 8.48. The Kier molecular flexibility index (Phi) is 2.63. The molecule has 0 aliphatic heterocycles. The predicted octanol–water partition coefficient (Wildman–Crippen LogP) is 1.50. The summed E-state index contributed by atoms with van der Waals surface area (Å²) < 4.78 is 0. The van der Waals surface area contributed by atoms with Gasteiger partial charge >= 0.3 is 5.97 Å². The molecule has 2 N–H and O–H groups in total. The van der Waals surface area contributed by atoms with E-state index < -0.39 is 16.4 Å². The number of benzene rings is 1. The van der Waals surface area contributed by atoms with Gasteiger partial charge in [-0.25, -0.2) is 4.79 Å². The number of hydrogen-bond acceptors (Lipinski definition) is 5. The third-order valence-electron chi connectivity index (χ3n) is 2.87. The van der Waals surface area contributed by atoms with Crippen LogP contribution in [0, 0.1) is 21.4 Å². The molecule has 0 radical (unpaired) electrons. The largest absolute Gasteiger partial charge is 0.480 e. The number of carbonyl (C=O) groups is 1. The number of rotatable bonds is 4. The van der Waals surface area contributed by atoms with Gasteiger partial charge < -0.3 is 10.4 Å². The molecule has 1 aromatic rings. The fourth-order valence-electron chi connectivity index (χ4n) is 1.62. The molecule has 1 fully saturated rings. The lowest BCUT2D eigenvalue weighted by Gasteiger charge is -2.14. The lowest BCUT2D eigenvalue weighted by atomic mass is 10.1. The highest BCUT2D eigenvalue weighted by atomic mass is 16.6. The molecule has 0 aromatic heterocycles. The van der Waals surface area contributed by atoms with Crippen LogP contribution in [-0.4, -0.2) is 21.5 Å². The smallest absolute Gasteiger partial charge is 0.329 e. The Morgan fingerprint density at radius 3 is 2.67 bits per heavy atom. The van der Waals surface area contributed by atoms with Crippen molar-refractivity contribution >= 4 is 17.3 Å². The van der Waals surface area contributed by atoms with Crippen LogP contribution in [-0.2, 0) is 4.79 Å². The second-order valence-corrected chi connectivity index (χ2v) is 4.11. The van der Waals surface area contributed by atoms with Gasteiger partial charge in [0.2, 0.25) is 0 Å². The minimum absolute atomic E-state index is 0.0664. The number of nitriles is 1. The molecule has 0 amide bonds. The SMILES string of the molecule is N#Cc1cc([N+](=O)[O-])ccc1NC1(C(=O)O)CC1. The molecule has 2 rings (SSSR count). The molecule has 1 aliphatic rings. The highest BCUT2D eigenvalue weighted by Crippen LogP contribution is 2.40. The second-order valence-electron chi connectivity index (χ2n) is 4.11. The molecule has 0 unspecified atom stereocenters. The summed E-state index contributed by atoms with van der Waals surface area (Å²) in [4.78, 5) is 21.0. The molecule has 1 saturated carbocycles. The van der Waals surface area contributed by atoms with Crippen LogP contribution in [0.2, 0.25) is 0 Å². The van der Waals surface area contributed by atoms with Crippen LogP contribution < -0.4 is 5.32 Å². The number of non-ortho nitro benzene ring substituents is 1. The number of nitro groups is 1. The van der Waals surface area contributed by atoms with Gasteiger partial charge in [-0.1, -0.05) is 0 Å². The van der Waals surface area contributed by atoms with E-state index in [0.29, 0.717) is 18.5 Å². The van der Waals surface area contributed by atoms with Gasteiger partial charge in [0.1, 0.15) is 11.6 Å². The summed E-state index contributed by atoms with van der Waals surface area (Å²) in [5.41, 5.74) is -0.848. The highest BCUT2D eigenvalue weighted by molar-refractivity contribution is 5.87. The summed E-state index contributed by atoms with van der Waals surface area (Å²) in [6.07, 6.45) is 0.953. The van der Waals surface area contributed by atoms with E-state index in [1.807, 2.05) is 6.07 Å². The number of carboxylic acids is 1. The van der Waals surface area contributed by atoms with E-state index in [2.05, 4.69) is 5.32 Å². The maximum atomic E-state index is 11.0.